The summed E-state index contributed by atoms with van der Waals surface area (Å²) in [4.78, 5) is 9.02. The van der Waals surface area contributed by atoms with E-state index in [1.807, 2.05) is 0 Å². The van der Waals surface area contributed by atoms with Crippen molar-refractivity contribution in [2.75, 3.05) is 0 Å². The van der Waals surface area contributed by atoms with Gasteiger partial charge in [0.05, 0.1) is 9.26 Å². The summed E-state index contributed by atoms with van der Waals surface area (Å²) in [6, 6.07) is 6.21. The monoisotopic (exact) mass is 402 g/mol. The third-order valence-electron chi connectivity index (χ3n) is 3.68. The molecule has 0 N–H and O–H groups in total. The fourth-order valence-corrected chi connectivity index (χ4v) is 3.49. The molecular weight excluding hydrogens is 390 g/mol. The first-order valence-electron chi connectivity index (χ1n) is 6.64. The van der Waals surface area contributed by atoms with Crippen molar-refractivity contribution in [1.82, 2.24) is 9.97 Å². The number of aromatic nitrogens is 2. The third-order valence-corrected chi connectivity index (χ3v) is 5.34. The van der Waals surface area contributed by atoms with Gasteiger partial charge in [0.25, 0.3) is 0 Å². The van der Waals surface area contributed by atoms with Crippen molar-refractivity contribution in [2.45, 2.75) is 31.6 Å². The Hall–Kier alpha value is -0.750. The Morgan fingerprint density at radius 3 is 2.40 bits per heavy atom. The van der Waals surface area contributed by atoms with E-state index in [0.717, 1.165) is 27.7 Å². The molecule has 1 aromatic heterocycles. The van der Waals surface area contributed by atoms with Gasteiger partial charge in [-0.05, 0) is 59.7 Å². The lowest BCUT2D eigenvalue weighted by Crippen LogP contribution is -2.04. The van der Waals surface area contributed by atoms with Gasteiger partial charge >= 0.3 is 0 Å². The molecule has 0 radical (unpaired) electrons. The zero-order valence-electron chi connectivity index (χ0n) is 10.7. The second-order valence-corrected chi connectivity index (χ2v) is 6.46. The fraction of sp³-hybridized carbons (Fsp3) is 0.333. The Morgan fingerprint density at radius 2 is 1.75 bits per heavy atom. The Kier molecular flexibility index (Phi) is 4.21. The molecule has 0 amide bonds. The molecule has 0 saturated heterocycles. The fourth-order valence-electron chi connectivity index (χ4n) is 2.63. The molecule has 0 aliphatic heterocycles. The van der Waals surface area contributed by atoms with Crippen LogP contribution in [0, 0.1) is 9.39 Å². The minimum atomic E-state index is -0.263. The maximum Gasteiger partial charge on any atom is 0.161 e. The van der Waals surface area contributed by atoms with Crippen LogP contribution in [0.1, 0.15) is 37.3 Å². The Labute approximate surface area is 135 Å². The highest BCUT2D eigenvalue weighted by atomic mass is 127. The summed E-state index contributed by atoms with van der Waals surface area (Å²) in [5, 5.41) is 0.488. The van der Waals surface area contributed by atoms with Crippen LogP contribution in [0.2, 0.25) is 5.15 Å². The van der Waals surface area contributed by atoms with E-state index < -0.39 is 0 Å². The predicted octanol–water partition coefficient (Wildman–Crippen LogP) is 5.20. The molecule has 1 saturated carbocycles. The standard InChI is InChI=1S/C15H13ClFIN2/c16-14-12(18)13(9-3-1-2-4-9)19-15(20-14)10-5-7-11(17)8-6-10/h5-9H,1-4H2. The average molecular weight is 403 g/mol. The molecule has 0 spiro atoms. The number of hydrogen-bond acceptors (Lipinski definition) is 2. The van der Waals surface area contributed by atoms with Gasteiger partial charge in [0, 0.05) is 11.5 Å². The van der Waals surface area contributed by atoms with Crippen molar-refractivity contribution >= 4 is 34.2 Å². The van der Waals surface area contributed by atoms with Crippen LogP contribution in [0.25, 0.3) is 11.4 Å². The van der Waals surface area contributed by atoms with Crippen molar-refractivity contribution in [3.63, 3.8) is 0 Å². The lowest BCUT2D eigenvalue weighted by Gasteiger charge is -2.13. The van der Waals surface area contributed by atoms with E-state index in [0.29, 0.717) is 16.9 Å². The van der Waals surface area contributed by atoms with E-state index in [1.54, 1.807) is 12.1 Å². The van der Waals surface area contributed by atoms with Gasteiger partial charge in [-0.1, -0.05) is 24.4 Å². The van der Waals surface area contributed by atoms with Gasteiger partial charge in [0.1, 0.15) is 11.0 Å². The van der Waals surface area contributed by atoms with Crippen molar-refractivity contribution in [2.24, 2.45) is 0 Å². The van der Waals surface area contributed by atoms with Gasteiger partial charge in [-0.25, -0.2) is 14.4 Å². The summed E-state index contributed by atoms with van der Waals surface area (Å²) in [7, 11) is 0. The summed E-state index contributed by atoms with van der Waals surface area (Å²) >= 11 is 8.46. The van der Waals surface area contributed by atoms with Crippen LogP contribution in [0.15, 0.2) is 24.3 Å². The molecule has 0 unspecified atom stereocenters. The molecule has 2 nitrogen and oxygen atoms in total. The largest absolute Gasteiger partial charge is 0.232 e. The quantitative estimate of drug-likeness (QED) is 0.510. The zero-order valence-corrected chi connectivity index (χ0v) is 13.7. The predicted molar refractivity (Wildman–Crippen MR) is 86.4 cm³/mol. The molecule has 1 aliphatic carbocycles. The number of halogens is 3. The molecule has 1 aromatic carbocycles. The molecule has 3 rings (SSSR count). The molecule has 1 heterocycles. The van der Waals surface area contributed by atoms with Gasteiger partial charge in [-0.15, -0.1) is 0 Å². The first-order chi connectivity index (χ1) is 9.65. The van der Waals surface area contributed by atoms with Crippen LogP contribution >= 0.6 is 34.2 Å². The van der Waals surface area contributed by atoms with E-state index in [9.17, 15) is 4.39 Å². The highest BCUT2D eigenvalue weighted by molar-refractivity contribution is 14.1. The van der Waals surface area contributed by atoms with E-state index in [-0.39, 0.29) is 5.82 Å². The molecular formula is C15H13ClFIN2. The molecule has 5 heteroatoms. The molecule has 1 aliphatic rings. The molecule has 2 aromatic rings. The lowest BCUT2D eigenvalue weighted by atomic mass is 10.0. The van der Waals surface area contributed by atoms with E-state index in [4.69, 9.17) is 11.6 Å². The third kappa shape index (κ3) is 2.81. The van der Waals surface area contributed by atoms with Gasteiger partial charge < -0.3 is 0 Å². The lowest BCUT2D eigenvalue weighted by molar-refractivity contribution is 0.628. The maximum absolute atomic E-state index is 13.0. The van der Waals surface area contributed by atoms with Crippen molar-refractivity contribution < 1.29 is 4.39 Å². The molecule has 1 fully saturated rings. The second-order valence-electron chi connectivity index (χ2n) is 5.03. The number of rotatable bonds is 2. The summed E-state index contributed by atoms with van der Waals surface area (Å²) in [6.07, 6.45) is 4.81. The Morgan fingerprint density at radius 1 is 1.10 bits per heavy atom. The molecule has 0 atom stereocenters. The van der Waals surface area contributed by atoms with Crippen LogP contribution in [0.4, 0.5) is 4.39 Å². The Balaban J connectivity index is 2.05. The smallest absolute Gasteiger partial charge is 0.161 e. The van der Waals surface area contributed by atoms with Crippen molar-refractivity contribution in [1.29, 1.82) is 0 Å². The van der Waals surface area contributed by atoms with Crippen molar-refractivity contribution in [3.05, 3.63) is 44.5 Å². The maximum atomic E-state index is 13.0. The SMILES string of the molecule is Fc1ccc(-c2nc(Cl)c(I)c(C3CCCC3)n2)cc1. The summed E-state index contributed by atoms with van der Waals surface area (Å²) in [5.74, 6) is 0.792. The first kappa shape index (κ1) is 14.2. The second kappa shape index (κ2) is 5.93. The molecule has 0 bridgehead atoms. The van der Waals surface area contributed by atoms with Crippen LogP contribution < -0.4 is 0 Å². The van der Waals surface area contributed by atoms with Gasteiger partial charge in [0.2, 0.25) is 0 Å². The normalized spacial score (nSPS) is 15.8. The van der Waals surface area contributed by atoms with Gasteiger partial charge in [0.15, 0.2) is 5.82 Å². The van der Waals surface area contributed by atoms with Crippen LogP contribution in [-0.4, -0.2) is 9.97 Å². The van der Waals surface area contributed by atoms with Crippen LogP contribution in [0.5, 0.6) is 0 Å². The van der Waals surface area contributed by atoms with E-state index in [1.165, 1.54) is 25.0 Å². The first-order valence-corrected chi connectivity index (χ1v) is 8.09. The summed E-state index contributed by atoms with van der Waals surface area (Å²) in [5.41, 5.74) is 1.84. The topological polar surface area (TPSA) is 25.8 Å². The van der Waals surface area contributed by atoms with E-state index >= 15 is 0 Å². The minimum absolute atomic E-state index is 0.263. The molecule has 104 valence electrons. The number of hydrogen-bond donors (Lipinski definition) is 0. The van der Waals surface area contributed by atoms with Crippen LogP contribution in [-0.2, 0) is 0 Å². The highest BCUT2D eigenvalue weighted by Crippen LogP contribution is 2.37. The van der Waals surface area contributed by atoms with Gasteiger partial charge in [-0.3, -0.25) is 0 Å². The molecule has 20 heavy (non-hydrogen) atoms. The Bertz CT molecular complexity index is 625. The zero-order chi connectivity index (χ0) is 14.1. The minimum Gasteiger partial charge on any atom is -0.232 e. The van der Waals surface area contributed by atoms with Gasteiger partial charge in [-0.2, -0.15) is 0 Å². The van der Waals surface area contributed by atoms with Crippen LogP contribution in [0.3, 0.4) is 0 Å². The van der Waals surface area contributed by atoms with E-state index in [2.05, 4.69) is 32.6 Å². The number of nitrogens with zero attached hydrogens (tertiary/aromatic N) is 2. The highest BCUT2D eigenvalue weighted by Gasteiger charge is 2.23. The van der Waals surface area contributed by atoms with Crippen molar-refractivity contribution in [3.8, 4) is 11.4 Å². The summed E-state index contributed by atoms with van der Waals surface area (Å²) < 4.78 is 13.9. The average Bonchev–Trinajstić information content (AvgIpc) is 2.96. The summed E-state index contributed by atoms with van der Waals surface area (Å²) in [6.45, 7) is 0. The number of benzene rings is 1.